The van der Waals surface area contributed by atoms with Crippen molar-refractivity contribution in [3.63, 3.8) is 0 Å². The average Bonchev–Trinajstić information content (AvgIpc) is 2.27. The van der Waals surface area contributed by atoms with Gasteiger partial charge < -0.3 is 5.11 Å². The topological polar surface area (TPSA) is 20.2 Å². The lowest BCUT2D eigenvalue weighted by atomic mass is 9.94. The fourth-order valence-corrected chi connectivity index (χ4v) is 2.33. The van der Waals surface area contributed by atoms with Crippen LogP contribution in [0.25, 0.3) is 11.1 Å². The van der Waals surface area contributed by atoms with E-state index in [0.29, 0.717) is 10.0 Å². The highest BCUT2D eigenvalue weighted by molar-refractivity contribution is 6.35. The quantitative estimate of drug-likeness (QED) is 0.831. The van der Waals surface area contributed by atoms with E-state index in [9.17, 15) is 5.11 Å². The normalized spacial score (nSPS) is 11.6. The fourth-order valence-electron chi connectivity index (χ4n) is 1.80. The molecule has 0 saturated heterocycles. The Morgan fingerprint density at radius 2 is 1.50 bits per heavy atom. The van der Waals surface area contributed by atoms with Gasteiger partial charge in [0.25, 0.3) is 0 Å². The van der Waals surface area contributed by atoms with Crippen LogP contribution in [0.3, 0.4) is 0 Å². The first-order chi connectivity index (χ1) is 8.36. The number of hydrogen-bond donors (Lipinski definition) is 1. The van der Waals surface area contributed by atoms with Gasteiger partial charge in [0.05, 0.1) is 5.60 Å². The lowest BCUT2D eigenvalue weighted by Crippen LogP contribution is -2.15. The Morgan fingerprint density at radius 1 is 0.889 bits per heavy atom. The lowest BCUT2D eigenvalue weighted by molar-refractivity contribution is 0.0786. The van der Waals surface area contributed by atoms with Crippen molar-refractivity contribution in [1.29, 1.82) is 0 Å². The van der Waals surface area contributed by atoms with E-state index in [4.69, 9.17) is 23.2 Å². The molecule has 1 N–H and O–H groups in total. The molecule has 0 unspecified atom stereocenters. The van der Waals surface area contributed by atoms with Gasteiger partial charge in [0, 0.05) is 10.0 Å². The van der Waals surface area contributed by atoms with E-state index in [2.05, 4.69) is 0 Å². The minimum atomic E-state index is -0.863. The average molecular weight is 281 g/mol. The Morgan fingerprint density at radius 3 is 2.06 bits per heavy atom. The van der Waals surface area contributed by atoms with Gasteiger partial charge in [-0.25, -0.2) is 0 Å². The van der Waals surface area contributed by atoms with Crippen LogP contribution in [0, 0.1) is 0 Å². The summed E-state index contributed by atoms with van der Waals surface area (Å²) in [6.45, 7) is 3.52. The summed E-state index contributed by atoms with van der Waals surface area (Å²) in [5, 5.41) is 11.2. The summed E-state index contributed by atoms with van der Waals surface area (Å²) in [7, 11) is 0. The summed E-state index contributed by atoms with van der Waals surface area (Å²) in [4.78, 5) is 0. The highest BCUT2D eigenvalue weighted by atomic mass is 35.5. The third-order valence-corrected chi connectivity index (χ3v) is 3.20. The Labute approximate surface area is 117 Å². The Balaban J connectivity index is 2.51. The van der Waals surface area contributed by atoms with Crippen LogP contribution in [0.2, 0.25) is 10.0 Å². The molecule has 94 valence electrons. The summed E-state index contributed by atoms with van der Waals surface area (Å²) in [6, 6.07) is 13.1. The molecule has 0 aliphatic heterocycles. The fraction of sp³-hybridized carbons (Fsp3) is 0.200. The van der Waals surface area contributed by atoms with Gasteiger partial charge in [-0.15, -0.1) is 0 Å². The molecule has 0 amide bonds. The number of hydrogen-bond acceptors (Lipinski definition) is 1. The number of rotatable bonds is 2. The smallest absolute Gasteiger partial charge is 0.0840 e. The van der Waals surface area contributed by atoms with Gasteiger partial charge >= 0.3 is 0 Å². The van der Waals surface area contributed by atoms with Crippen LogP contribution >= 0.6 is 23.2 Å². The summed E-state index contributed by atoms with van der Waals surface area (Å²) >= 11 is 12.0. The Bertz CT molecular complexity index is 551. The van der Waals surface area contributed by atoms with Crippen LogP contribution in [-0.4, -0.2) is 5.11 Å². The molecular formula is C15H14Cl2O. The molecule has 0 spiro atoms. The van der Waals surface area contributed by atoms with Crippen LogP contribution in [0.4, 0.5) is 0 Å². The SMILES string of the molecule is CC(C)(O)c1cccc(-c2cc(Cl)cc(Cl)c2)c1. The molecule has 2 rings (SSSR count). The van der Waals surface area contributed by atoms with E-state index in [1.165, 1.54) is 0 Å². The highest BCUT2D eigenvalue weighted by Gasteiger charge is 2.16. The van der Waals surface area contributed by atoms with E-state index in [1.807, 2.05) is 36.4 Å². The molecule has 0 aliphatic carbocycles. The maximum atomic E-state index is 10.0. The second kappa shape index (κ2) is 4.93. The van der Waals surface area contributed by atoms with Gasteiger partial charge in [-0.3, -0.25) is 0 Å². The molecule has 0 aliphatic rings. The zero-order chi connectivity index (χ0) is 13.3. The predicted octanol–water partition coefficient (Wildman–Crippen LogP) is 4.89. The zero-order valence-corrected chi connectivity index (χ0v) is 11.8. The van der Waals surface area contributed by atoms with Crippen LogP contribution in [0.15, 0.2) is 42.5 Å². The first kappa shape index (κ1) is 13.4. The molecule has 0 bridgehead atoms. The molecule has 2 aromatic carbocycles. The third-order valence-electron chi connectivity index (χ3n) is 2.76. The van der Waals surface area contributed by atoms with E-state index in [0.717, 1.165) is 16.7 Å². The molecule has 3 heteroatoms. The first-order valence-electron chi connectivity index (χ1n) is 5.65. The van der Waals surface area contributed by atoms with Gasteiger partial charge in [-0.05, 0) is 54.8 Å². The molecular weight excluding hydrogens is 267 g/mol. The summed E-state index contributed by atoms with van der Waals surface area (Å²) < 4.78 is 0. The van der Waals surface area contributed by atoms with Crippen molar-refractivity contribution < 1.29 is 5.11 Å². The van der Waals surface area contributed by atoms with Crippen molar-refractivity contribution in [2.45, 2.75) is 19.4 Å². The van der Waals surface area contributed by atoms with Crippen molar-refractivity contribution in [1.82, 2.24) is 0 Å². The monoisotopic (exact) mass is 280 g/mol. The number of benzene rings is 2. The Hall–Kier alpha value is -1.02. The van der Waals surface area contributed by atoms with Gasteiger partial charge in [0.2, 0.25) is 0 Å². The number of halogens is 2. The second-order valence-corrected chi connectivity index (χ2v) is 5.67. The van der Waals surface area contributed by atoms with E-state index in [-0.39, 0.29) is 0 Å². The zero-order valence-electron chi connectivity index (χ0n) is 10.2. The minimum Gasteiger partial charge on any atom is -0.386 e. The van der Waals surface area contributed by atoms with Crippen molar-refractivity contribution >= 4 is 23.2 Å². The van der Waals surface area contributed by atoms with Crippen molar-refractivity contribution in [3.05, 3.63) is 58.1 Å². The van der Waals surface area contributed by atoms with Gasteiger partial charge in [0.1, 0.15) is 0 Å². The van der Waals surface area contributed by atoms with Crippen LogP contribution in [0.1, 0.15) is 19.4 Å². The lowest BCUT2D eigenvalue weighted by Gasteiger charge is -2.18. The van der Waals surface area contributed by atoms with E-state index >= 15 is 0 Å². The molecule has 0 aromatic heterocycles. The van der Waals surface area contributed by atoms with E-state index in [1.54, 1.807) is 19.9 Å². The third kappa shape index (κ3) is 3.05. The molecule has 18 heavy (non-hydrogen) atoms. The van der Waals surface area contributed by atoms with Gasteiger partial charge in [-0.2, -0.15) is 0 Å². The van der Waals surface area contributed by atoms with Gasteiger partial charge in [-0.1, -0.05) is 41.4 Å². The molecule has 0 heterocycles. The predicted molar refractivity (Wildman–Crippen MR) is 77.1 cm³/mol. The van der Waals surface area contributed by atoms with Gasteiger partial charge in [0.15, 0.2) is 0 Å². The van der Waals surface area contributed by atoms with Crippen LogP contribution in [0.5, 0.6) is 0 Å². The standard InChI is InChI=1S/C15H14Cl2O/c1-15(2,18)12-5-3-4-10(6-12)11-7-13(16)9-14(17)8-11/h3-9,18H,1-2H3. The summed E-state index contributed by atoms with van der Waals surface area (Å²) in [6.07, 6.45) is 0. The highest BCUT2D eigenvalue weighted by Crippen LogP contribution is 2.30. The maximum Gasteiger partial charge on any atom is 0.0840 e. The molecule has 0 saturated carbocycles. The number of aliphatic hydroxyl groups is 1. The van der Waals surface area contributed by atoms with Crippen molar-refractivity contribution in [2.75, 3.05) is 0 Å². The van der Waals surface area contributed by atoms with Crippen molar-refractivity contribution in [2.24, 2.45) is 0 Å². The Kier molecular flexibility index (Phi) is 3.67. The molecule has 0 radical (unpaired) electrons. The molecule has 2 aromatic rings. The second-order valence-electron chi connectivity index (χ2n) is 4.80. The van der Waals surface area contributed by atoms with E-state index < -0.39 is 5.60 Å². The van der Waals surface area contributed by atoms with Crippen LogP contribution in [-0.2, 0) is 5.60 Å². The molecule has 0 fully saturated rings. The maximum absolute atomic E-state index is 10.0. The minimum absolute atomic E-state index is 0.603. The largest absolute Gasteiger partial charge is 0.386 e. The van der Waals surface area contributed by atoms with Crippen molar-refractivity contribution in [3.8, 4) is 11.1 Å². The summed E-state index contributed by atoms with van der Waals surface area (Å²) in [5.41, 5.74) is 1.92. The summed E-state index contributed by atoms with van der Waals surface area (Å²) in [5.74, 6) is 0. The molecule has 1 nitrogen and oxygen atoms in total. The van der Waals surface area contributed by atoms with Crippen LogP contribution < -0.4 is 0 Å². The molecule has 0 atom stereocenters. The first-order valence-corrected chi connectivity index (χ1v) is 6.41.